The van der Waals surface area contributed by atoms with Gasteiger partial charge in [-0.25, -0.2) is 9.78 Å². The average molecular weight is 274 g/mol. The highest BCUT2D eigenvalue weighted by atomic mass is 16.5. The van der Waals surface area contributed by atoms with Gasteiger partial charge in [-0.15, -0.1) is 0 Å². The average Bonchev–Trinajstić information content (AvgIpc) is 2.80. The Balaban J connectivity index is 2.19. The molecule has 2 aromatic rings. The monoisotopic (exact) mass is 274 g/mol. The molecule has 5 heteroatoms. The van der Waals surface area contributed by atoms with Gasteiger partial charge in [0.1, 0.15) is 12.4 Å². The number of hydrogen-bond acceptors (Lipinski definition) is 3. The first kappa shape index (κ1) is 14.1. The second-order valence-electron chi connectivity index (χ2n) is 4.95. The number of ether oxygens (including phenoxy) is 1. The molecule has 0 radical (unpaired) electrons. The standard InChI is InChI=1S/C15H18N2O3/c1-10(2)17-12(8-16-14(17)15(18)19)9-20-13-6-4-5-11(3)7-13/h4-8,10H,9H2,1-3H3,(H,18,19). The van der Waals surface area contributed by atoms with E-state index in [1.807, 2.05) is 45.0 Å². The van der Waals surface area contributed by atoms with E-state index in [9.17, 15) is 4.79 Å². The molecule has 0 aliphatic heterocycles. The van der Waals surface area contributed by atoms with Gasteiger partial charge in [0.25, 0.3) is 0 Å². The molecule has 5 nitrogen and oxygen atoms in total. The molecule has 0 bridgehead atoms. The fraction of sp³-hybridized carbons (Fsp3) is 0.333. The highest BCUT2D eigenvalue weighted by Crippen LogP contribution is 2.18. The summed E-state index contributed by atoms with van der Waals surface area (Å²) < 4.78 is 7.38. The molecule has 0 saturated heterocycles. The lowest BCUT2D eigenvalue weighted by Crippen LogP contribution is -2.15. The summed E-state index contributed by atoms with van der Waals surface area (Å²) in [5.41, 5.74) is 1.87. The minimum Gasteiger partial charge on any atom is -0.487 e. The van der Waals surface area contributed by atoms with Crippen LogP contribution in [0.3, 0.4) is 0 Å². The maximum absolute atomic E-state index is 11.1. The number of imidazole rings is 1. The molecule has 2 rings (SSSR count). The number of hydrogen-bond donors (Lipinski definition) is 1. The minimum absolute atomic E-state index is 0.0136. The van der Waals surface area contributed by atoms with E-state index in [-0.39, 0.29) is 11.9 Å². The molecule has 0 spiro atoms. The largest absolute Gasteiger partial charge is 0.487 e. The fourth-order valence-electron chi connectivity index (χ4n) is 2.10. The topological polar surface area (TPSA) is 64.3 Å². The molecule has 106 valence electrons. The van der Waals surface area contributed by atoms with Crippen LogP contribution in [0, 0.1) is 6.92 Å². The van der Waals surface area contributed by atoms with Crippen molar-refractivity contribution < 1.29 is 14.6 Å². The van der Waals surface area contributed by atoms with Gasteiger partial charge >= 0.3 is 5.97 Å². The summed E-state index contributed by atoms with van der Waals surface area (Å²) in [7, 11) is 0. The number of aryl methyl sites for hydroxylation is 1. The Labute approximate surface area is 117 Å². The molecule has 1 aromatic carbocycles. The quantitative estimate of drug-likeness (QED) is 0.910. The van der Waals surface area contributed by atoms with E-state index in [0.29, 0.717) is 6.61 Å². The summed E-state index contributed by atoms with van der Waals surface area (Å²) in [5, 5.41) is 9.13. The molecule has 1 N–H and O–H groups in total. The lowest BCUT2D eigenvalue weighted by Gasteiger charge is -2.14. The Kier molecular flexibility index (Phi) is 4.08. The van der Waals surface area contributed by atoms with E-state index in [2.05, 4.69) is 4.98 Å². The number of rotatable bonds is 5. The predicted octanol–water partition coefficient (Wildman–Crippen LogP) is 3.05. The van der Waals surface area contributed by atoms with Crippen LogP contribution in [0.4, 0.5) is 0 Å². The van der Waals surface area contributed by atoms with E-state index >= 15 is 0 Å². The Morgan fingerprint density at radius 1 is 1.45 bits per heavy atom. The molecular formula is C15H18N2O3. The molecule has 0 saturated carbocycles. The molecule has 0 amide bonds. The third-order valence-electron chi connectivity index (χ3n) is 2.96. The van der Waals surface area contributed by atoms with E-state index in [1.165, 1.54) is 0 Å². The van der Waals surface area contributed by atoms with Crippen molar-refractivity contribution in [2.75, 3.05) is 0 Å². The van der Waals surface area contributed by atoms with Crippen molar-refractivity contribution in [2.24, 2.45) is 0 Å². The van der Waals surface area contributed by atoms with Gasteiger partial charge in [-0.1, -0.05) is 12.1 Å². The minimum atomic E-state index is -1.03. The van der Waals surface area contributed by atoms with Crippen LogP contribution < -0.4 is 4.74 Å². The van der Waals surface area contributed by atoms with Gasteiger partial charge < -0.3 is 14.4 Å². The predicted molar refractivity (Wildman–Crippen MR) is 75.1 cm³/mol. The summed E-state index contributed by atoms with van der Waals surface area (Å²) in [5.74, 6) is -0.221. The first-order valence-electron chi connectivity index (χ1n) is 6.48. The number of nitrogens with zero attached hydrogens (tertiary/aromatic N) is 2. The molecule has 1 heterocycles. The zero-order chi connectivity index (χ0) is 14.7. The lowest BCUT2D eigenvalue weighted by atomic mass is 10.2. The molecule has 1 aromatic heterocycles. The van der Waals surface area contributed by atoms with Crippen LogP contribution in [-0.2, 0) is 6.61 Å². The van der Waals surface area contributed by atoms with E-state index in [0.717, 1.165) is 17.0 Å². The number of aromatic carboxylic acids is 1. The highest BCUT2D eigenvalue weighted by molar-refractivity contribution is 5.83. The van der Waals surface area contributed by atoms with Gasteiger partial charge in [0, 0.05) is 6.04 Å². The van der Waals surface area contributed by atoms with E-state index < -0.39 is 5.97 Å². The molecular weight excluding hydrogens is 256 g/mol. The maximum atomic E-state index is 11.1. The number of aromatic nitrogens is 2. The fourth-order valence-corrected chi connectivity index (χ4v) is 2.10. The van der Waals surface area contributed by atoms with Gasteiger partial charge in [0.05, 0.1) is 11.9 Å². The molecule has 20 heavy (non-hydrogen) atoms. The molecule has 0 fully saturated rings. The van der Waals surface area contributed by atoms with E-state index in [1.54, 1.807) is 10.8 Å². The summed E-state index contributed by atoms with van der Waals surface area (Å²) in [6, 6.07) is 7.75. The third-order valence-corrected chi connectivity index (χ3v) is 2.96. The summed E-state index contributed by atoms with van der Waals surface area (Å²) in [4.78, 5) is 15.1. The van der Waals surface area contributed by atoms with Crippen LogP contribution in [0.2, 0.25) is 0 Å². The summed E-state index contributed by atoms with van der Waals surface area (Å²) in [6.45, 7) is 6.13. The molecule has 0 aliphatic rings. The van der Waals surface area contributed by atoms with Crippen molar-refractivity contribution in [3.8, 4) is 5.75 Å². The second kappa shape index (κ2) is 5.77. The summed E-state index contributed by atoms with van der Waals surface area (Å²) in [6.07, 6.45) is 1.55. The van der Waals surface area contributed by atoms with Gasteiger partial charge in [-0.3, -0.25) is 0 Å². The third kappa shape index (κ3) is 2.99. The van der Waals surface area contributed by atoms with Crippen molar-refractivity contribution in [1.29, 1.82) is 0 Å². The Bertz CT molecular complexity index is 617. The first-order chi connectivity index (χ1) is 9.49. The Hall–Kier alpha value is -2.30. The number of benzene rings is 1. The van der Waals surface area contributed by atoms with Crippen molar-refractivity contribution in [1.82, 2.24) is 9.55 Å². The first-order valence-corrected chi connectivity index (χ1v) is 6.48. The Morgan fingerprint density at radius 2 is 2.20 bits per heavy atom. The normalized spacial score (nSPS) is 10.8. The van der Waals surface area contributed by atoms with Crippen molar-refractivity contribution in [2.45, 2.75) is 33.4 Å². The van der Waals surface area contributed by atoms with Crippen molar-refractivity contribution >= 4 is 5.97 Å². The summed E-state index contributed by atoms with van der Waals surface area (Å²) >= 11 is 0. The van der Waals surface area contributed by atoms with Gasteiger partial charge in [0.2, 0.25) is 5.82 Å². The molecule has 0 aliphatic carbocycles. The number of carbonyl (C=O) groups is 1. The SMILES string of the molecule is Cc1cccc(OCc2cnc(C(=O)O)n2C(C)C)c1. The van der Waals surface area contributed by atoms with Crippen LogP contribution in [0.1, 0.15) is 41.8 Å². The van der Waals surface area contributed by atoms with Crippen molar-refractivity contribution in [3.05, 3.63) is 47.5 Å². The number of carboxylic acid groups (broad SMARTS) is 1. The van der Waals surface area contributed by atoms with Crippen molar-refractivity contribution in [3.63, 3.8) is 0 Å². The van der Waals surface area contributed by atoms with Gasteiger partial charge in [-0.05, 0) is 38.5 Å². The van der Waals surface area contributed by atoms with Crippen LogP contribution in [0.15, 0.2) is 30.5 Å². The number of carboxylic acids is 1. The molecule has 0 unspecified atom stereocenters. The Morgan fingerprint density at radius 3 is 2.80 bits per heavy atom. The maximum Gasteiger partial charge on any atom is 0.372 e. The molecule has 0 atom stereocenters. The van der Waals surface area contributed by atoms with Crippen LogP contribution in [0.25, 0.3) is 0 Å². The highest BCUT2D eigenvalue weighted by Gasteiger charge is 2.18. The van der Waals surface area contributed by atoms with Crippen LogP contribution >= 0.6 is 0 Å². The second-order valence-corrected chi connectivity index (χ2v) is 4.95. The van der Waals surface area contributed by atoms with Gasteiger partial charge in [0.15, 0.2) is 0 Å². The van der Waals surface area contributed by atoms with Gasteiger partial charge in [-0.2, -0.15) is 0 Å². The van der Waals surface area contributed by atoms with E-state index in [4.69, 9.17) is 9.84 Å². The zero-order valence-corrected chi connectivity index (χ0v) is 11.8. The van der Waals surface area contributed by atoms with Crippen LogP contribution in [-0.4, -0.2) is 20.6 Å². The lowest BCUT2D eigenvalue weighted by molar-refractivity contribution is 0.0675. The zero-order valence-electron chi connectivity index (χ0n) is 11.8. The smallest absolute Gasteiger partial charge is 0.372 e. The van der Waals surface area contributed by atoms with Crippen LogP contribution in [0.5, 0.6) is 5.75 Å².